The van der Waals surface area contributed by atoms with Crippen LogP contribution in [-0.2, 0) is 17.8 Å². The quantitative estimate of drug-likeness (QED) is 0.850. The predicted octanol–water partition coefficient (Wildman–Crippen LogP) is 3.43. The van der Waals surface area contributed by atoms with Gasteiger partial charge in [-0.3, -0.25) is 4.79 Å². The molecule has 2 N–H and O–H groups in total. The summed E-state index contributed by atoms with van der Waals surface area (Å²) in [6.07, 6.45) is 0.574. The molecule has 2 aromatic rings. The number of nitrogens with zero attached hydrogens (tertiary/aromatic N) is 1. The fourth-order valence-electron chi connectivity index (χ4n) is 2.16. The number of carbonyl (C=O) groups is 1. The van der Waals surface area contributed by atoms with Gasteiger partial charge in [-0.2, -0.15) is 0 Å². The van der Waals surface area contributed by atoms with E-state index >= 15 is 0 Å². The summed E-state index contributed by atoms with van der Waals surface area (Å²) in [4.78, 5) is 15.5. The van der Waals surface area contributed by atoms with Crippen LogP contribution in [0.25, 0.3) is 0 Å². The van der Waals surface area contributed by atoms with Gasteiger partial charge in [0.25, 0.3) is 0 Å². The average Bonchev–Trinajstić information content (AvgIpc) is 2.90. The van der Waals surface area contributed by atoms with E-state index in [4.69, 9.17) is 5.73 Å². The second kappa shape index (κ2) is 7.73. The van der Waals surface area contributed by atoms with Crippen LogP contribution in [0.4, 0.5) is 0 Å². The molecule has 5 heteroatoms. The lowest BCUT2D eigenvalue weighted by molar-refractivity contribution is -0.132. The van der Waals surface area contributed by atoms with Gasteiger partial charge in [-0.15, -0.1) is 11.3 Å². The first-order valence-electron chi connectivity index (χ1n) is 6.92. The summed E-state index contributed by atoms with van der Waals surface area (Å²) in [6.45, 7) is 3.26. The Balaban J connectivity index is 1.98. The summed E-state index contributed by atoms with van der Waals surface area (Å²) in [5, 5.41) is 0. The number of hydrogen-bond acceptors (Lipinski definition) is 3. The third-order valence-electron chi connectivity index (χ3n) is 3.28. The SMILES string of the molecule is CCN(Cc1ccc(Br)s1)C(=O)[C@H](N)Cc1ccccc1. The van der Waals surface area contributed by atoms with Crippen molar-refractivity contribution < 1.29 is 4.79 Å². The largest absolute Gasteiger partial charge is 0.336 e. The van der Waals surface area contributed by atoms with Crippen LogP contribution >= 0.6 is 27.3 Å². The van der Waals surface area contributed by atoms with Crippen LogP contribution in [0, 0.1) is 0 Å². The maximum atomic E-state index is 12.5. The fourth-order valence-corrected chi connectivity index (χ4v) is 3.66. The maximum absolute atomic E-state index is 12.5. The standard InChI is InChI=1S/C16H19BrN2OS/c1-2-19(11-13-8-9-15(17)21-13)16(20)14(18)10-12-6-4-3-5-7-12/h3-9,14H,2,10-11,18H2,1H3/t14-/m1/s1. The molecule has 1 amide bonds. The van der Waals surface area contributed by atoms with Gasteiger partial charge in [0, 0.05) is 11.4 Å². The number of hydrogen-bond donors (Lipinski definition) is 1. The first kappa shape index (κ1) is 16.2. The zero-order valence-corrected chi connectivity index (χ0v) is 14.4. The van der Waals surface area contributed by atoms with Crippen LogP contribution in [0.3, 0.4) is 0 Å². The second-order valence-corrected chi connectivity index (χ2v) is 7.40. The monoisotopic (exact) mass is 366 g/mol. The Kier molecular flexibility index (Phi) is 5.96. The smallest absolute Gasteiger partial charge is 0.240 e. The number of thiophene rings is 1. The van der Waals surface area contributed by atoms with E-state index in [-0.39, 0.29) is 5.91 Å². The van der Waals surface area contributed by atoms with Crippen LogP contribution < -0.4 is 5.73 Å². The number of nitrogens with two attached hydrogens (primary N) is 1. The molecule has 112 valence electrons. The van der Waals surface area contributed by atoms with Crippen molar-refractivity contribution in [2.75, 3.05) is 6.54 Å². The van der Waals surface area contributed by atoms with Gasteiger partial charge in [0.15, 0.2) is 0 Å². The molecule has 1 heterocycles. The molecular formula is C16H19BrN2OS. The van der Waals surface area contributed by atoms with E-state index in [1.807, 2.05) is 54.3 Å². The van der Waals surface area contributed by atoms with E-state index in [0.717, 1.165) is 14.2 Å². The van der Waals surface area contributed by atoms with Gasteiger partial charge >= 0.3 is 0 Å². The number of amides is 1. The van der Waals surface area contributed by atoms with Crippen molar-refractivity contribution in [2.24, 2.45) is 5.73 Å². The van der Waals surface area contributed by atoms with E-state index in [0.29, 0.717) is 19.5 Å². The highest BCUT2D eigenvalue weighted by molar-refractivity contribution is 9.11. The van der Waals surface area contributed by atoms with Crippen LogP contribution in [0.15, 0.2) is 46.3 Å². The summed E-state index contributed by atoms with van der Waals surface area (Å²) in [5.74, 6) is 0.00544. The van der Waals surface area contributed by atoms with Gasteiger partial charge in [-0.1, -0.05) is 30.3 Å². The molecule has 0 aliphatic rings. The van der Waals surface area contributed by atoms with E-state index in [1.165, 1.54) is 0 Å². The van der Waals surface area contributed by atoms with E-state index < -0.39 is 6.04 Å². The van der Waals surface area contributed by atoms with Crippen molar-refractivity contribution in [3.63, 3.8) is 0 Å². The highest BCUT2D eigenvalue weighted by Gasteiger charge is 2.20. The number of carbonyl (C=O) groups excluding carboxylic acids is 1. The molecular weight excluding hydrogens is 348 g/mol. The molecule has 0 unspecified atom stereocenters. The predicted molar refractivity (Wildman–Crippen MR) is 91.2 cm³/mol. The van der Waals surface area contributed by atoms with Gasteiger partial charge in [0.2, 0.25) is 5.91 Å². The number of benzene rings is 1. The zero-order valence-electron chi connectivity index (χ0n) is 12.0. The third-order valence-corrected chi connectivity index (χ3v) is 4.89. The highest BCUT2D eigenvalue weighted by atomic mass is 79.9. The van der Waals surface area contributed by atoms with Crippen molar-refractivity contribution in [1.29, 1.82) is 0 Å². The molecule has 0 aliphatic heterocycles. The molecule has 2 rings (SSSR count). The Hall–Kier alpha value is -1.17. The normalized spacial score (nSPS) is 12.1. The Morgan fingerprint density at radius 3 is 2.57 bits per heavy atom. The molecule has 1 aromatic heterocycles. The minimum absolute atomic E-state index is 0.00544. The Morgan fingerprint density at radius 1 is 1.29 bits per heavy atom. The van der Waals surface area contributed by atoms with Crippen LogP contribution in [-0.4, -0.2) is 23.4 Å². The van der Waals surface area contributed by atoms with Crippen molar-refractivity contribution >= 4 is 33.2 Å². The van der Waals surface area contributed by atoms with Crippen LogP contribution in [0.5, 0.6) is 0 Å². The van der Waals surface area contributed by atoms with Crippen molar-refractivity contribution in [3.05, 3.63) is 56.7 Å². The van der Waals surface area contributed by atoms with E-state index in [2.05, 4.69) is 15.9 Å². The first-order valence-corrected chi connectivity index (χ1v) is 8.53. The Bertz CT molecular complexity index is 585. The summed E-state index contributed by atoms with van der Waals surface area (Å²) < 4.78 is 1.08. The van der Waals surface area contributed by atoms with E-state index in [1.54, 1.807) is 11.3 Å². The molecule has 21 heavy (non-hydrogen) atoms. The molecule has 0 saturated heterocycles. The van der Waals surface area contributed by atoms with Crippen LogP contribution in [0.2, 0.25) is 0 Å². The summed E-state index contributed by atoms with van der Waals surface area (Å²) in [5.41, 5.74) is 7.18. The van der Waals surface area contributed by atoms with Gasteiger partial charge in [0.05, 0.1) is 16.4 Å². The summed E-state index contributed by atoms with van der Waals surface area (Å²) in [7, 11) is 0. The number of rotatable bonds is 6. The lowest BCUT2D eigenvalue weighted by Gasteiger charge is -2.24. The molecule has 0 fully saturated rings. The lowest BCUT2D eigenvalue weighted by Crippen LogP contribution is -2.44. The lowest BCUT2D eigenvalue weighted by atomic mass is 10.1. The molecule has 1 aromatic carbocycles. The summed E-state index contributed by atoms with van der Waals surface area (Å²) >= 11 is 5.09. The van der Waals surface area contributed by atoms with Gasteiger partial charge in [0.1, 0.15) is 0 Å². The van der Waals surface area contributed by atoms with Crippen molar-refractivity contribution in [1.82, 2.24) is 4.90 Å². The molecule has 0 aliphatic carbocycles. The third kappa shape index (κ3) is 4.66. The topological polar surface area (TPSA) is 46.3 Å². The zero-order chi connectivity index (χ0) is 15.2. The Morgan fingerprint density at radius 2 is 2.00 bits per heavy atom. The van der Waals surface area contributed by atoms with Crippen LogP contribution in [0.1, 0.15) is 17.4 Å². The van der Waals surface area contributed by atoms with Gasteiger partial charge in [-0.25, -0.2) is 0 Å². The highest BCUT2D eigenvalue weighted by Crippen LogP contribution is 2.23. The van der Waals surface area contributed by atoms with E-state index in [9.17, 15) is 4.79 Å². The number of likely N-dealkylation sites (N-methyl/N-ethyl adjacent to an activating group) is 1. The molecule has 0 radical (unpaired) electrons. The molecule has 0 saturated carbocycles. The molecule has 0 spiro atoms. The van der Waals surface area contributed by atoms with Crippen molar-refractivity contribution in [3.8, 4) is 0 Å². The second-order valence-electron chi connectivity index (χ2n) is 4.85. The Labute approximate surface area is 137 Å². The maximum Gasteiger partial charge on any atom is 0.240 e. The molecule has 1 atom stereocenters. The minimum Gasteiger partial charge on any atom is -0.336 e. The van der Waals surface area contributed by atoms with Crippen molar-refractivity contribution in [2.45, 2.75) is 25.9 Å². The van der Waals surface area contributed by atoms with Gasteiger partial charge in [-0.05, 0) is 47.0 Å². The average molecular weight is 367 g/mol. The fraction of sp³-hybridized carbons (Fsp3) is 0.312. The molecule has 3 nitrogen and oxygen atoms in total. The summed E-state index contributed by atoms with van der Waals surface area (Å²) in [6, 6.07) is 13.4. The molecule has 0 bridgehead atoms. The first-order chi connectivity index (χ1) is 10.1. The minimum atomic E-state index is -0.490. The van der Waals surface area contributed by atoms with Gasteiger partial charge < -0.3 is 10.6 Å². The number of halogens is 1.